The molecule has 0 bridgehead atoms. The van der Waals surface area contributed by atoms with Crippen molar-refractivity contribution in [3.05, 3.63) is 24.0 Å². The molecule has 0 saturated heterocycles. The van der Waals surface area contributed by atoms with E-state index in [1.807, 2.05) is 11.8 Å². The van der Waals surface area contributed by atoms with Crippen LogP contribution in [0, 0.1) is 23.7 Å². The maximum atomic E-state index is 2.42. The van der Waals surface area contributed by atoms with Gasteiger partial charge < -0.3 is 0 Å². The summed E-state index contributed by atoms with van der Waals surface area (Å²) in [4.78, 5) is 0. The molecule has 0 heterocycles. The van der Waals surface area contributed by atoms with Gasteiger partial charge in [-0.1, -0.05) is 31.9 Å². The first-order valence-electron chi connectivity index (χ1n) is 8.09. The maximum Gasteiger partial charge on any atom is -0.0210 e. The fraction of sp³-hybridized carbons (Fsp3) is 0.778. The average molecular weight is 246 g/mol. The summed E-state index contributed by atoms with van der Waals surface area (Å²) in [6.07, 6.45) is 18.7. The van der Waals surface area contributed by atoms with Crippen molar-refractivity contribution in [2.45, 2.75) is 78.1 Å². The van der Waals surface area contributed by atoms with Crippen LogP contribution in [0.2, 0.25) is 0 Å². The second-order valence-electron chi connectivity index (χ2n) is 6.47. The smallest absolute Gasteiger partial charge is 0.0210 e. The molecule has 2 fully saturated rings. The second kappa shape index (κ2) is 7.36. The minimum atomic E-state index is 0.986. The van der Waals surface area contributed by atoms with Crippen LogP contribution in [0.1, 0.15) is 78.1 Å². The molecular weight excluding hydrogens is 216 g/mol. The highest BCUT2D eigenvalue weighted by molar-refractivity contribution is 5.06. The monoisotopic (exact) mass is 246 g/mol. The Bertz CT molecular complexity index is 237. The fourth-order valence-corrected chi connectivity index (χ4v) is 3.68. The molecule has 0 aromatic carbocycles. The summed E-state index contributed by atoms with van der Waals surface area (Å²) >= 11 is 0. The largest absolute Gasteiger partial charge is 0.0917 e. The summed E-state index contributed by atoms with van der Waals surface area (Å²) in [6.45, 7) is 4.55. The Morgan fingerprint density at radius 3 is 2.28 bits per heavy atom. The molecule has 102 valence electrons. The third kappa shape index (κ3) is 4.14. The number of rotatable bonds is 4. The van der Waals surface area contributed by atoms with Gasteiger partial charge in [0.15, 0.2) is 0 Å². The van der Waals surface area contributed by atoms with Gasteiger partial charge in [-0.25, -0.2) is 0 Å². The first-order valence-corrected chi connectivity index (χ1v) is 8.09. The highest BCUT2D eigenvalue weighted by Gasteiger charge is 2.30. The van der Waals surface area contributed by atoms with Gasteiger partial charge in [-0.2, -0.15) is 0 Å². The minimum absolute atomic E-state index is 0.986. The highest BCUT2D eigenvalue weighted by atomic mass is 14.3. The molecule has 0 atom stereocenters. The molecule has 0 aliphatic heterocycles. The van der Waals surface area contributed by atoms with Gasteiger partial charge in [0, 0.05) is 0 Å². The number of hydrogen-bond donors (Lipinski definition) is 0. The summed E-state index contributed by atoms with van der Waals surface area (Å²) in [5.41, 5.74) is 0. The Labute approximate surface area is 114 Å². The lowest BCUT2D eigenvalue weighted by atomic mass is 9.69. The second-order valence-corrected chi connectivity index (χ2v) is 6.47. The highest BCUT2D eigenvalue weighted by Crippen LogP contribution is 2.43. The van der Waals surface area contributed by atoms with Gasteiger partial charge in [-0.15, -0.1) is 0 Å². The van der Waals surface area contributed by atoms with Crippen molar-refractivity contribution in [1.29, 1.82) is 0 Å². The number of allylic oxidation sites excluding steroid dienone is 2. The summed E-state index contributed by atoms with van der Waals surface area (Å²) in [5, 5.41) is 0. The minimum Gasteiger partial charge on any atom is -0.0917 e. The predicted molar refractivity (Wildman–Crippen MR) is 80.1 cm³/mol. The van der Waals surface area contributed by atoms with Crippen molar-refractivity contribution in [2.75, 3.05) is 0 Å². The van der Waals surface area contributed by atoms with E-state index in [-0.39, 0.29) is 0 Å². The van der Waals surface area contributed by atoms with Crippen molar-refractivity contribution in [2.24, 2.45) is 11.8 Å². The van der Waals surface area contributed by atoms with Gasteiger partial charge in [-0.05, 0) is 82.0 Å². The first kappa shape index (κ1) is 14.2. The summed E-state index contributed by atoms with van der Waals surface area (Å²) in [5.74, 6) is 5.75. The van der Waals surface area contributed by atoms with Crippen molar-refractivity contribution in [3.63, 3.8) is 0 Å². The normalized spacial score (nSPS) is 26.1. The quantitative estimate of drug-likeness (QED) is 0.542. The lowest BCUT2D eigenvalue weighted by Crippen LogP contribution is -2.23. The van der Waals surface area contributed by atoms with Crippen LogP contribution < -0.4 is 0 Å². The Morgan fingerprint density at radius 1 is 1.00 bits per heavy atom. The zero-order valence-electron chi connectivity index (χ0n) is 12.4. The Hall–Kier alpha value is -0.260. The van der Waals surface area contributed by atoms with Crippen molar-refractivity contribution < 1.29 is 0 Å². The van der Waals surface area contributed by atoms with Crippen LogP contribution in [0.4, 0.5) is 0 Å². The van der Waals surface area contributed by atoms with E-state index in [4.69, 9.17) is 0 Å². The topological polar surface area (TPSA) is 0 Å². The average Bonchev–Trinajstić information content (AvgIpc) is 2.41. The van der Waals surface area contributed by atoms with E-state index in [2.05, 4.69) is 26.0 Å². The molecule has 0 aromatic heterocycles. The Balaban J connectivity index is 1.66. The van der Waals surface area contributed by atoms with Crippen LogP contribution in [0.3, 0.4) is 0 Å². The Morgan fingerprint density at radius 2 is 1.67 bits per heavy atom. The summed E-state index contributed by atoms with van der Waals surface area (Å²) in [6, 6.07) is 0. The van der Waals surface area contributed by atoms with Crippen LogP contribution in [-0.2, 0) is 0 Å². The molecule has 0 heteroatoms. The zero-order chi connectivity index (χ0) is 12.8. The lowest BCUT2D eigenvalue weighted by Gasteiger charge is -2.36. The van der Waals surface area contributed by atoms with Crippen molar-refractivity contribution in [3.8, 4) is 0 Å². The molecule has 0 aromatic rings. The molecule has 0 spiro atoms. The van der Waals surface area contributed by atoms with Crippen LogP contribution in [0.5, 0.6) is 0 Å². The summed E-state index contributed by atoms with van der Waals surface area (Å²) in [7, 11) is 0. The van der Waals surface area contributed by atoms with Crippen LogP contribution in [0.25, 0.3) is 0 Å². The van der Waals surface area contributed by atoms with Gasteiger partial charge in [0.2, 0.25) is 0 Å². The first-order chi connectivity index (χ1) is 8.79. The van der Waals surface area contributed by atoms with Gasteiger partial charge in [0.05, 0.1) is 0 Å². The van der Waals surface area contributed by atoms with Crippen molar-refractivity contribution >= 4 is 0 Å². The molecule has 0 nitrogen and oxygen atoms in total. The maximum absolute atomic E-state index is 2.42. The van der Waals surface area contributed by atoms with E-state index in [9.17, 15) is 0 Å². The van der Waals surface area contributed by atoms with E-state index >= 15 is 0 Å². The molecule has 2 aliphatic carbocycles. The van der Waals surface area contributed by atoms with Crippen LogP contribution in [-0.4, -0.2) is 0 Å². The van der Waals surface area contributed by atoms with E-state index < -0.39 is 0 Å². The van der Waals surface area contributed by atoms with E-state index in [0.29, 0.717) is 0 Å². The molecule has 2 saturated carbocycles. The van der Waals surface area contributed by atoms with E-state index in [0.717, 1.165) is 11.8 Å². The molecule has 0 N–H and O–H groups in total. The molecular formula is C18H30. The molecule has 2 aliphatic rings. The van der Waals surface area contributed by atoms with E-state index in [1.54, 1.807) is 0 Å². The Kier molecular flexibility index (Phi) is 5.79. The zero-order valence-corrected chi connectivity index (χ0v) is 12.4. The number of hydrogen-bond acceptors (Lipinski definition) is 0. The third-order valence-electron chi connectivity index (χ3n) is 5.09. The fourth-order valence-electron chi connectivity index (χ4n) is 3.68. The standard InChI is InChI=1S/C18H30/c1-3-4-5-6-16-9-13-18(14-10-16)17-11-7-15(2)8-12-17/h3-4,15,18H,5-14H2,1-2H3/b4-3+. The molecule has 18 heavy (non-hydrogen) atoms. The van der Waals surface area contributed by atoms with Gasteiger partial charge in [-0.3, -0.25) is 0 Å². The van der Waals surface area contributed by atoms with Gasteiger partial charge in [0.1, 0.15) is 0 Å². The molecule has 2 radical (unpaired) electrons. The molecule has 0 amide bonds. The SMILES string of the molecule is C/C=C/CC[C]1CCC([C]2CCC(C)CC2)CC1. The lowest BCUT2D eigenvalue weighted by molar-refractivity contribution is 0.300. The third-order valence-corrected chi connectivity index (χ3v) is 5.09. The van der Waals surface area contributed by atoms with Crippen molar-refractivity contribution in [1.82, 2.24) is 0 Å². The van der Waals surface area contributed by atoms with Crippen LogP contribution >= 0.6 is 0 Å². The summed E-state index contributed by atoms with van der Waals surface area (Å²) < 4.78 is 0. The van der Waals surface area contributed by atoms with E-state index in [1.165, 1.54) is 64.2 Å². The van der Waals surface area contributed by atoms with Gasteiger partial charge in [0.25, 0.3) is 0 Å². The van der Waals surface area contributed by atoms with Gasteiger partial charge >= 0.3 is 0 Å². The van der Waals surface area contributed by atoms with Crippen LogP contribution in [0.15, 0.2) is 12.2 Å². The molecule has 2 rings (SSSR count). The predicted octanol–water partition coefficient (Wildman–Crippen LogP) is 5.89. The molecule has 0 unspecified atom stereocenters.